The molecular weight excluding hydrogens is 362 g/mol. The average molecular weight is 394 g/mol. The van der Waals surface area contributed by atoms with E-state index in [9.17, 15) is 4.79 Å². The minimum absolute atomic E-state index is 0.340. The number of primary amides is 1. The van der Waals surface area contributed by atoms with Crippen molar-refractivity contribution in [1.29, 1.82) is 0 Å². The molecule has 29 heavy (non-hydrogen) atoms. The van der Waals surface area contributed by atoms with Crippen molar-refractivity contribution < 1.29 is 4.79 Å². The van der Waals surface area contributed by atoms with Gasteiger partial charge in [-0.15, -0.1) is 5.10 Å². The number of hydrogen-bond acceptors (Lipinski definition) is 4. The Labute approximate surface area is 172 Å². The molecule has 3 aliphatic rings. The molecule has 1 aromatic heterocycles. The van der Waals surface area contributed by atoms with Crippen LogP contribution in [0, 0.1) is 0 Å². The summed E-state index contributed by atoms with van der Waals surface area (Å²) in [5, 5.41) is 8.97. The standard InChI is InChI=1S/C23H31N5O/c24-23(29)17-6-4-5-16(11-17)18-12-21-9-10-22(13-18)27(21)14-19-15-28(26-25-19)20-7-2-1-3-8-20/h4-6,11,15,18,20-22H,1-3,7-10,12-14H2,(H2,24,29)/t18?,21-,22+. The number of piperidine rings is 1. The van der Waals surface area contributed by atoms with E-state index in [1.54, 1.807) is 0 Å². The van der Waals surface area contributed by atoms with Crippen molar-refractivity contribution >= 4 is 5.91 Å². The normalized spacial score (nSPS) is 27.9. The summed E-state index contributed by atoms with van der Waals surface area (Å²) in [7, 11) is 0. The van der Waals surface area contributed by atoms with Crippen LogP contribution >= 0.6 is 0 Å². The molecule has 1 unspecified atom stereocenters. The van der Waals surface area contributed by atoms with Gasteiger partial charge in [-0.3, -0.25) is 9.69 Å². The molecule has 1 amide bonds. The number of aromatic nitrogens is 3. The van der Waals surface area contributed by atoms with Gasteiger partial charge in [0.05, 0.1) is 17.9 Å². The number of carbonyl (C=O) groups is 1. The lowest BCUT2D eigenvalue weighted by atomic mass is 9.84. The molecule has 2 N–H and O–H groups in total. The predicted octanol–water partition coefficient (Wildman–Crippen LogP) is 3.79. The predicted molar refractivity (Wildman–Crippen MR) is 111 cm³/mol. The summed E-state index contributed by atoms with van der Waals surface area (Å²) in [6.07, 6.45) is 13.5. The number of nitrogens with two attached hydrogens (primary N) is 1. The Morgan fingerprint density at radius 1 is 1.03 bits per heavy atom. The summed E-state index contributed by atoms with van der Waals surface area (Å²) in [6, 6.07) is 9.66. The molecule has 0 spiro atoms. The van der Waals surface area contributed by atoms with Crippen LogP contribution in [-0.2, 0) is 6.54 Å². The van der Waals surface area contributed by atoms with Crippen LogP contribution < -0.4 is 5.73 Å². The molecule has 3 heterocycles. The van der Waals surface area contributed by atoms with Crippen molar-refractivity contribution in [2.24, 2.45) is 5.73 Å². The van der Waals surface area contributed by atoms with Crippen LogP contribution in [0.2, 0.25) is 0 Å². The first-order valence-electron chi connectivity index (χ1n) is 11.2. The Hall–Kier alpha value is -2.21. The molecule has 5 rings (SSSR count). The largest absolute Gasteiger partial charge is 0.366 e. The average Bonchev–Trinajstić information content (AvgIpc) is 3.30. The van der Waals surface area contributed by atoms with Crippen molar-refractivity contribution in [2.75, 3.05) is 0 Å². The van der Waals surface area contributed by atoms with Gasteiger partial charge in [0.2, 0.25) is 5.91 Å². The fourth-order valence-corrected chi connectivity index (χ4v) is 5.85. The van der Waals surface area contributed by atoms with E-state index in [4.69, 9.17) is 5.73 Å². The van der Waals surface area contributed by atoms with Crippen molar-refractivity contribution in [1.82, 2.24) is 19.9 Å². The van der Waals surface area contributed by atoms with E-state index >= 15 is 0 Å². The van der Waals surface area contributed by atoms with E-state index in [1.807, 2.05) is 18.2 Å². The molecule has 1 saturated carbocycles. The highest BCUT2D eigenvalue weighted by molar-refractivity contribution is 5.92. The third-order valence-electron chi connectivity index (χ3n) is 7.38. The number of fused-ring (bicyclic) bond motifs is 2. The molecule has 1 aliphatic carbocycles. The van der Waals surface area contributed by atoms with Crippen LogP contribution in [0.3, 0.4) is 0 Å². The van der Waals surface area contributed by atoms with Crippen LogP contribution in [0.15, 0.2) is 30.5 Å². The number of nitrogens with zero attached hydrogens (tertiary/aromatic N) is 4. The summed E-state index contributed by atoms with van der Waals surface area (Å²) in [4.78, 5) is 14.2. The lowest BCUT2D eigenvalue weighted by Gasteiger charge is -2.38. The third kappa shape index (κ3) is 3.82. The molecule has 2 aliphatic heterocycles. The summed E-state index contributed by atoms with van der Waals surface area (Å²) in [5.41, 5.74) is 8.48. The second-order valence-electron chi connectivity index (χ2n) is 9.20. The van der Waals surface area contributed by atoms with Gasteiger partial charge in [-0.25, -0.2) is 4.68 Å². The second kappa shape index (κ2) is 7.90. The number of hydrogen-bond donors (Lipinski definition) is 1. The Morgan fingerprint density at radius 3 is 2.52 bits per heavy atom. The van der Waals surface area contributed by atoms with E-state index in [-0.39, 0.29) is 5.91 Å². The first kappa shape index (κ1) is 18.8. The molecule has 6 heteroatoms. The fourth-order valence-electron chi connectivity index (χ4n) is 5.85. The minimum atomic E-state index is -0.340. The van der Waals surface area contributed by atoms with Crippen molar-refractivity contribution in [3.63, 3.8) is 0 Å². The van der Waals surface area contributed by atoms with Crippen molar-refractivity contribution in [2.45, 2.75) is 88.4 Å². The van der Waals surface area contributed by atoms with Gasteiger partial charge < -0.3 is 5.73 Å². The molecule has 2 aromatic rings. The quantitative estimate of drug-likeness (QED) is 0.838. The topological polar surface area (TPSA) is 77.0 Å². The second-order valence-corrected chi connectivity index (χ2v) is 9.20. The van der Waals surface area contributed by atoms with Gasteiger partial charge in [-0.05, 0) is 62.1 Å². The highest BCUT2D eigenvalue weighted by atomic mass is 16.1. The highest BCUT2D eigenvalue weighted by Gasteiger charge is 2.41. The zero-order valence-electron chi connectivity index (χ0n) is 17.0. The molecule has 154 valence electrons. The number of amides is 1. The van der Waals surface area contributed by atoms with Gasteiger partial charge in [0.15, 0.2) is 0 Å². The van der Waals surface area contributed by atoms with Crippen LogP contribution in [0.5, 0.6) is 0 Å². The SMILES string of the molecule is NC(=O)c1cccc(C2C[C@H]3CC[C@@H](C2)N3Cc2cn(C3CCCCC3)nn2)c1. The summed E-state index contributed by atoms with van der Waals surface area (Å²) in [6.45, 7) is 0.913. The van der Waals surface area contributed by atoms with Crippen LogP contribution in [0.4, 0.5) is 0 Å². The smallest absolute Gasteiger partial charge is 0.248 e. The van der Waals surface area contributed by atoms with E-state index < -0.39 is 0 Å². The minimum Gasteiger partial charge on any atom is -0.366 e. The lowest BCUT2D eigenvalue weighted by Crippen LogP contribution is -2.41. The molecule has 2 bridgehead atoms. The van der Waals surface area contributed by atoms with E-state index in [2.05, 4.69) is 32.2 Å². The highest BCUT2D eigenvalue weighted by Crippen LogP contribution is 2.43. The van der Waals surface area contributed by atoms with Crippen LogP contribution in [0.25, 0.3) is 0 Å². The van der Waals surface area contributed by atoms with Gasteiger partial charge in [-0.2, -0.15) is 0 Å². The molecular formula is C23H31N5O. The van der Waals surface area contributed by atoms with Crippen molar-refractivity contribution in [3.05, 3.63) is 47.3 Å². The van der Waals surface area contributed by atoms with Gasteiger partial charge >= 0.3 is 0 Å². The Kier molecular flexibility index (Phi) is 5.12. The Balaban J connectivity index is 1.26. The van der Waals surface area contributed by atoms with E-state index in [1.165, 1.54) is 50.5 Å². The van der Waals surface area contributed by atoms with Crippen LogP contribution in [0.1, 0.15) is 91.4 Å². The van der Waals surface area contributed by atoms with Gasteiger partial charge in [-0.1, -0.05) is 36.6 Å². The zero-order chi connectivity index (χ0) is 19.8. The van der Waals surface area contributed by atoms with Crippen LogP contribution in [-0.4, -0.2) is 37.9 Å². The maximum atomic E-state index is 11.5. The lowest BCUT2D eigenvalue weighted by molar-refractivity contribution is 0.0999. The van der Waals surface area contributed by atoms with E-state index in [0.29, 0.717) is 29.6 Å². The van der Waals surface area contributed by atoms with Crippen molar-refractivity contribution in [3.8, 4) is 0 Å². The maximum Gasteiger partial charge on any atom is 0.248 e. The maximum absolute atomic E-state index is 11.5. The number of benzene rings is 1. The monoisotopic (exact) mass is 393 g/mol. The molecule has 2 saturated heterocycles. The van der Waals surface area contributed by atoms with Gasteiger partial charge in [0.1, 0.15) is 0 Å². The number of carbonyl (C=O) groups excluding carboxylic acids is 1. The Morgan fingerprint density at radius 2 is 1.79 bits per heavy atom. The fraction of sp³-hybridized carbons (Fsp3) is 0.609. The first-order valence-corrected chi connectivity index (χ1v) is 11.2. The molecule has 0 radical (unpaired) electrons. The number of rotatable bonds is 5. The molecule has 3 atom stereocenters. The summed E-state index contributed by atoms with van der Waals surface area (Å²) in [5.74, 6) is 0.175. The molecule has 1 aromatic carbocycles. The zero-order valence-corrected chi connectivity index (χ0v) is 17.0. The third-order valence-corrected chi connectivity index (χ3v) is 7.38. The van der Waals surface area contributed by atoms with E-state index in [0.717, 1.165) is 25.1 Å². The molecule has 3 fully saturated rings. The van der Waals surface area contributed by atoms with Gasteiger partial charge in [0.25, 0.3) is 0 Å². The summed E-state index contributed by atoms with van der Waals surface area (Å²) < 4.78 is 2.12. The van der Waals surface area contributed by atoms with Gasteiger partial charge in [0, 0.05) is 24.2 Å². The first-order chi connectivity index (χ1) is 14.2. The molecule has 6 nitrogen and oxygen atoms in total. The summed E-state index contributed by atoms with van der Waals surface area (Å²) >= 11 is 0. The Bertz CT molecular complexity index is 858.